The van der Waals surface area contributed by atoms with Crippen molar-refractivity contribution in [3.8, 4) is 11.5 Å². The molecule has 2 aliphatic heterocycles. The third-order valence-corrected chi connectivity index (χ3v) is 5.14. The molecule has 1 aromatic carbocycles. The summed E-state index contributed by atoms with van der Waals surface area (Å²) in [7, 11) is 0. The molecule has 136 valence electrons. The molecule has 1 atom stereocenters. The van der Waals surface area contributed by atoms with Gasteiger partial charge in [-0.2, -0.15) is 0 Å². The summed E-state index contributed by atoms with van der Waals surface area (Å²) in [4.78, 5) is 5.73. The first-order valence-electron chi connectivity index (χ1n) is 9.44. The molecule has 2 fully saturated rings. The van der Waals surface area contributed by atoms with E-state index >= 15 is 0 Å². The van der Waals surface area contributed by atoms with E-state index in [9.17, 15) is 0 Å². The summed E-state index contributed by atoms with van der Waals surface area (Å²) < 4.78 is 17.7. The van der Waals surface area contributed by atoms with E-state index in [1.807, 2.05) is 19.9 Å². The minimum absolute atomic E-state index is 0.114. The maximum absolute atomic E-state index is 6.28. The lowest BCUT2D eigenvalue weighted by atomic mass is 9.93. The van der Waals surface area contributed by atoms with Crippen LogP contribution in [0.1, 0.15) is 57.9 Å². The molecular weight excluding hydrogens is 318 g/mol. The van der Waals surface area contributed by atoms with E-state index in [1.54, 1.807) is 0 Å². The van der Waals surface area contributed by atoms with Gasteiger partial charge in [0.25, 0.3) is 0 Å². The van der Waals surface area contributed by atoms with Crippen LogP contribution in [-0.4, -0.2) is 36.7 Å². The molecule has 0 amide bonds. The van der Waals surface area contributed by atoms with Crippen LogP contribution in [0.2, 0.25) is 0 Å². The normalized spacial score (nSPS) is 26.3. The summed E-state index contributed by atoms with van der Waals surface area (Å²) in [5.74, 6) is 1.63. The molecule has 1 saturated heterocycles. The van der Waals surface area contributed by atoms with Gasteiger partial charge in [0.1, 0.15) is 0 Å². The predicted molar refractivity (Wildman–Crippen MR) is 95.5 cm³/mol. The molecule has 4 rings (SSSR count). The van der Waals surface area contributed by atoms with E-state index in [0.717, 1.165) is 55.1 Å². The van der Waals surface area contributed by atoms with Crippen LogP contribution >= 0.6 is 0 Å². The number of benzene rings is 1. The zero-order valence-corrected chi connectivity index (χ0v) is 15.1. The Morgan fingerprint density at radius 1 is 1.20 bits per heavy atom. The Hall–Kier alpha value is -1.75. The van der Waals surface area contributed by atoms with Crippen LogP contribution in [0.3, 0.4) is 0 Å². The fraction of sp³-hybridized carbons (Fsp3) is 0.650. The van der Waals surface area contributed by atoms with Crippen molar-refractivity contribution in [2.45, 2.75) is 70.2 Å². The number of hydrogen-bond acceptors (Lipinski definition) is 5. The fourth-order valence-electron chi connectivity index (χ4n) is 3.79. The van der Waals surface area contributed by atoms with Gasteiger partial charge in [-0.15, -0.1) is 0 Å². The maximum atomic E-state index is 6.28. The second kappa shape index (κ2) is 6.87. The van der Waals surface area contributed by atoms with Crippen molar-refractivity contribution in [3.05, 3.63) is 23.8 Å². The number of oxime groups is 1. The Kier molecular flexibility index (Phi) is 4.59. The summed E-state index contributed by atoms with van der Waals surface area (Å²) in [5.41, 5.74) is 1.76. The van der Waals surface area contributed by atoms with Gasteiger partial charge in [-0.1, -0.05) is 5.16 Å². The summed E-state index contributed by atoms with van der Waals surface area (Å²) in [6, 6.07) is 6.11. The summed E-state index contributed by atoms with van der Waals surface area (Å²) in [6.45, 7) is 5.44. The van der Waals surface area contributed by atoms with Crippen molar-refractivity contribution in [3.63, 3.8) is 0 Å². The lowest BCUT2D eigenvalue weighted by Gasteiger charge is -2.20. The highest BCUT2D eigenvalue weighted by Gasteiger charge is 2.43. The number of ether oxygens (including phenoxy) is 3. The molecule has 1 unspecified atom stereocenters. The standard InChI is InChI=1S/C20H27NO4/c1-14(2)23-18-8-7-15(11-19(18)24-16-5-3-4-6-16)17-12-20(25-21-17)9-10-22-13-20/h7-8,11,14,16H,3-6,9-10,12-13H2,1-2H3. The van der Waals surface area contributed by atoms with Crippen molar-refractivity contribution in [2.75, 3.05) is 13.2 Å². The minimum atomic E-state index is -0.255. The molecule has 0 radical (unpaired) electrons. The van der Waals surface area contributed by atoms with Gasteiger partial charge in [0.05, 0.1) is 31.1 Å². The van der Waals surface area contributed by atoms with Crippen molar-refractivity contribution >= 4 is 5.71 Å². The summed E-state index contributed by atoms with van der Waals surface area (Å²) in [6.07, 6.45) is 6.83. The molecular formula is C20H27NO4. The molecule has 1 aromatic rings. The van der Waals surface area contributed by atoms with Crippen LogP contribution in [0.15, 0.2) is 23.4 Å². The molecule has 5 heteroatoms. The van der Waals surface area contributed by atoms with Crippen LogP contribution in [0.5, 0.6) is 11.5 Å². The van der Waals surface area contributed by atoms with E-state index in [-0.39, 0.29) is 11.7 Å². The highest BCUT2D eigenvalue weighted by molar-refractivity contribution is 6.02. The molecule has 0 N–H and O–H groups in total. The van der Waals surface area contributed by atoms with E-state index < -0.39 is 0 Å². The van der Waals surface area contributed by atoms with Crippen LogP contribution in [0.25, 0.3) is 0 Å². The Morgan fingerprint density at radius 3 is 2.76 bits per heavy atom. The highest BCUT2D eigenvalue weighted by atomic mass is 16.7. The number of rotatable bonds is 5. The summed E-state index contributed by atoms with van der Waals surface area (Å²) >= 11 is 0. The smallest absolute Gasteiger partial charge is 0.168 e. The van der Waals surface area contributed by atoms with Crippen LogP contribution < -0.4 is 9.47 Å². The van der Waals surface area contributed by atoms with E-state index in [2.05, 4.69) is 17.3 Å². The average Bonchev–Trinajstić information content (AvgIpc) is 3.33. The first kappa shape index (κ1) is 16.7. The molecule has 25 heavy (non-hydrogen) atoms. The van der Waals surface area contributed by atoms with Crippen LogP contribution in [-0.2, 0) is 9.57 Å². The van der Waals surface area contributed by atoms with Crippen LogP contribution in [0, 0.1) is 0 Å². The van der Waals surface area contributed by atoms with Gasteiger partial charge >= 0.3 is 0 Å². The third kappa shape index (κ3) is 3.61. The first-order chi connectivity index (χ1) is 12.1. The van der Waals surface area contributed by atoms with Gasteiger partial charge in [-0.25, -0.2) is 0 Å². The second-order valence-corrected chi connectivity index (χ2v) is 7.64. The van der Waals surface area contributed by atoms with Crippen molar-refractivity contribution in [1.29, 1.82) is 0 Å². The maximum Gasteiger partial charge on any atom is 0.168 e. The van der Waals surface area contributed by atoms with Crippen molar-refractivity contribution < 1.29 is 19.0 Å². The quantitative estimate of drug-likeness (QED) is 0.807. The van der Waals surface area contributed by atoms with Gasteiger partial charge in [-0.05, 0) is 57.7 Å². The predicted octanol–water partition coefficient (Wildman–Crippen LogP) is 4.08. The van der Waals surface area contributed by atoms with Crippen molar-refractivity contribution in [1.82, 2.24) is 0 Å². The third-order valence-electron chi connectivity index (χ3n) is 5.14. The first-order valence-corrected chi connectivity index (χ1v) is 9.44. The Balaban J connectivity index is 1.56. The van der Waals surface area contributed by atoms with E-state index in [1.165, 1.54) is 12.8 Å². The molecule has 1 saturated carbocycles. The van der Waals surface area contributed by atoms with E-state index in [0.29, 0.717) is 12.7 Å². The van der Waals surface area contributed by atoms with Gasteiger partial charge in [0, 0.05) is 18.4 Å². The van der Waals surface area contributed by atoms with Gasteiger partial charge < -0.3 is 19.0 Å². The SMILES string of the molecule is CC(C)Oc1ccc(C2=NOC3(CCOC3)C2)cc1OC1CCCC1. The minimum Gasteiger partial charge on any atom is -0.487 e. The lowest BCUT2D eigenvalue weighted by molar-refractivity contribution is -0.0237. The fourth-order valence-corrected chi connectivity index (χ4v) is 3.79. The zero-order valence-electron chi connectivity index (χ0n) is 15.1. The molecule has 0 aromatic heterocycles. The van der Waals surface area contributed by atoms with Crippen LogP contribution in [0.4, 0.5) is 0 Å². The van der Waals surface area contributed by atoms with Gasteiger partial charge in [-0.3, -0.25) is 0 Å². The molecule has 3 aliphatic rings. The van der Waals surface area contributed by atoms with Gasteiger partial charge in [0.2, 0.25) is 0 Å². The summed E-state index contributed by atoms with van der Waals surface area (Å²) in [5, 5.41) is 4.35. The number of nitrogens with zero attached hydrogens (tertiary/aromatic N) is 1. The Labute approximate surface area is 149 Å². The molecule has 1 aliphatic carbocycles. The molecule has 2 heterocycles. The highest BCUT2D eigenvalue weighted by Crippen LogP contribution is 2.37. The number of hydrogen-bond donors (Lipinski definition) is 0. The Morgan fingerprint density at radius 2 is 2.04 bits per heavy atom. The van der Waals surface area contributed by atoms with Gasteiger partial charge in [0.15, 0.2) is 17.1 Å². The second-order valence-electron chi connectivity index (χ2n) is 7.64. The zero-order chi connectivity index (χ0) is 17.3. The lowest BCUT2D eigenvalue weighted by Crippen LogP contribution is -2.29. The Bertz CT molecular complexity index is 643. The molecule has 5 nitrogen and oxygen atoms in total. The molecule has 0 bridgehead atoms. The average molecular weight is 345 g/mol. The van der Waals surface area contributed by atoms with E-state index in [4.69, 9.17) is 19.0 Å². The monoisotopic (exact) mass is 345 g/mol. The topological polar surface area (TPSA) is 49.3 Å². The molecule has 1 spiro atoms. The largest absolute Gasteiger partial charge is 0.487 e. The van der Waals surface area contributed by atoms with Crippen molar-refractivity contribution in [2.24, 2.45) is 5.16 Å².